The highest BCUT2D eigenvalue weighted by molar-refractivity contribution is 6.32. The van der Waals surface area contributed by atoms with Crippen LogP contribution in [0.25, 0.3) is 16.7 Å². The number of H-pyrrole nitrogens is 1. The van der Waals surface area contributed by atoms with Crippen molar-refractivity contribution in [3.8, 4) is 5.69 Å². The Morgan fingerprint density at radius 1 is 1.24 bits per heavy atom. The van der Waals surface area contributed by atoms with Gasteiger partial charge in [-0.05, 0) is 18.2 Å². The molecular formula is C12H8ClN3O. The Morgan fingerprint density at radius 2 is 2.06 bits per heavy atom. The molecule has 1 N–H and O–H groups in total. The summed E-state index contributed by atoms with van der Waals surface area (Å²) in [6, 6.07) is 9.00. The van der Waals surface area contributed by atoms with Crippen LogP contribution in [0.3, 0.4) is 0 Å². The molecule has 0 radical (unpaired) electrons. The number of para-hydroxylation sites is 1. The number of nitrogens with zero attached hydrogens (tertiary/aromatic N) is 2. The van der Waals surface area contributed by atoms with Gasteiger partial charge in [0.25, 0.3) is 0 Å². The second-order valence-corrected chi connectivity index (χ2v) is 4.02. The van der Waals surface area contributed by atoms with E-state index in [4.69, 9.17) is 11.6 Å². The molecule has 0 aliphatic rings. The van der Waals surface area contributed by atoms with Gasteiger partial charge in [0.1, 0.15) is 0 Å². The van der Waals surface area contributed by atoms with Crippen molar-refractivity contribution in [1.82, 2.24) is 14.5 Å². The highest BCUT2D eigenvalue weighted by Crippen LogP contribution is 2.21. The lowest BCUT2D eigenvalue weighted by Gasteiger charge is -2.04. The van der Waals surface area contributed by atoms with Crippen LogP contribution in [0, 0.1) is 0 Å². The lowest BCUT2D eigenvalue weighted by Crippen LogP contribution is -2.14. The summed E-state index contributed by atoms with van der Waals surface area (Å²) in [5, 5.41) is 0.535. The molecule has 4 nitrogen and oxygen atoms in total. The number of pyridine rings is 1. The molecule has 0 aliphatic carbocycles. The molecule has 0 fully saturated rings. The number of rotatable bonds is 1. The van der Waals surface area contributed by atoms with Crippen LogP contribution in [0.1, 0.15) is 0 Å². The molecule has 2 heterocycles. The summed E-state index contributed by atoms with van der Waals surface area (Å²) in [6.07, 6.45) is 3.26. The zero-order valence-corrected chi connectivity index (χ0v) is 9.48. The number of hydrogen-bond donors (Lipinski definition) is 1. The van der Waals surface area contributed by atoms with Crippen LogP contribution in [-0.4, -0.2) is 14.5 Å². The van der Waals surface area contributed by atoms with E-state index < -0.39 is 0 Å². The van der Waals surface area contributed by atoms with Gasteiger partial charge in [0.05, 0.1) is 27.9 Å². The Morgan fingerprint density at radius 3 is 2.88 bits per heavy atom. The topological polar surface area (TPSA) is 50.7 Å². The Kier molecular flexibility index (Phi) is 2.23. The van der Waals surface area contributed by atoms with Gasteiger partial charge < -0.3 is 4.98 Å². The van der Waals surface area contributed by atoms with Gasteiger partial charge in [-0.3, -0.25) is 9.55 Å². The second kappa shape index (κ2) is 3.75. The van der Waals surface area contributed by atoms with E-state index in [1.54, 1.807) is 35.2 Å². The van der Waals surface area contributed by atoms with Gasteiger partial charge in [0.15, 0.2) is 0 Å². The van der Waals surface area contributed by atoms with Gasteiger partial charge in [-0.25, -0.2) is 4.79 Å². The molecule has 17 heavy (non-hydrogen) atoms. The van der Waals surface area contributed by atoms with Crippen molar-refractivity contribution in [1.29, 1.82) is 0 Å². The Bertz CT molecular complexity index is 745. The molecule has 1 aromatic carbocycles. The van der Waals surface area contributed by atoms with E-state index in [2.05, 4.69) is 9.97 Å². The summed E-state index contributed by atoms with van der Waals surface area (Å²) in [5.74, 6) is 0. The summed E-state index contributed by atoms with van der Waals surface area (Å²) in [7, 11) is 0. The summed E-state index contributed by atoms with van der Waals surface area (Å²) in [6.45, 7) is 0. The number of benzene rings is 1. The van der Waals surface area contributed by atoms with E-state index in [0.717, 1.165) is 5.52 Å². The third-order valence-electron chi connectivity index (χ3n) is 2.58. The van der Waals surface area contributed by atoms with Crippen molar-refractivity contribution >= 4 is 22.6 Å². The van der Waals surface area contributed by atoms with Crippen LogP contribution in [0.2, 0.25) is 5.02 Å². The zero-order chi connectivity index (χ0) is 11.8. The van der Waals surface area contributed by atoms with Crippen LogP contribution in [-0.2, 0) is 0 Å². The van der Waals surface area contributed by atoms with Crippen molar-refractivity contribution in [3.63, 3.8) is 0 Å². The first-order chi connectivity index (χ1) is 8.27. The average molecular weight is 246 g/mol. The molecule has 0 atom stereocenters. The number of nitrogens with one attached hydrogen (secondary N) is 1. The molecule has 0 bridgehead atoms. The third-order valence-corrected chi connectivity index (χ3v) is 2.90. The minimum atomic E-state index is -0.221. The van der Waals surface area contributed by atoms with E-state index in [-0.39, 0.29) is 5.69 Å². The van der Waals surface area contributed by atoms with Crippen LogP contribution >= 0.6 is 11.6 Å². The second-order valence-electron chi connectivity index (χ2n) is 3.61. The lowest BCUT2D eigenvalue weighted by atomic mass is 10.3. The van der Waals surface area contributed by atoms with Crippen molar-refractivity contribution in [2.75, 3.05) is 0 Å². The van der Waals surface area contributed by atoms with E-state index in [9.17, 15) is 4.79 Å². The third kappa shape index (κ3) is 1.54. The molecule has 2 aromatic heterocycles. The predicted octanol–water partition coefficient (Wildman–Crippen LogP) is 2.37. The Balaban J connectivity index is 2.42. The van der Waals surface area contributed by atoms with Gasteiger partial charge in [-0.2, -0.15) is 0 Å². The molecule has 0 unspecified atom stereocenters. The normalized spacial score (nSPS) is 10.9. The molecule has 3 aromatic rings. The number of halogens is 1. The summed E-state index contributed by atoms with van der Waals surface area (Å²) >= 11 is 6.10. The average Bonchev–Trinajstić information content (AvgIpc) is 2.66. The van der Waals surface area contributed by atoms with Crippen LogP contribution in [0.15, 0.2) is 47.5 Å². The summed E-state index contributed by atoms with van der Waals surface area (Å²) < 4.78 is 1.54. The molecule has 0 spiro atoms. The maximum Gasteiger partial charge on any atom is 0.331 e. The van der Waals surface area contributed by atoms with Crippen molar-refractivity contribution in [2.45, 2.75) is 0 Å². The maximum atomic E-state index is 11.9. The largest absolute Gasteiger partial charge is 0.331 e. The predicted molar refractivity (Wildman–Crippen MR) is 66.7 cm³/mol. The number of aromatic nitrogens is 3. The fourth-order valence-electron chi connectivity index (χ4n) is 1.83. The number of fused-ring (bicyclic) bond motifs is 1. The first-order valence-electron chi connectivity index (χ1n) is 5.07. The standard InChI is InChI=1S/C12H8ClN3O/c13-8-3-1-2-4-10(8)16-11-5-6-14-7-9(11)15-12(16)17/h1-7H,(H,15,17). The fraction of sp³-hybridized carbons (Fsp3) is 0. The van der Waals surface area contributed by atoms with Crippen molar-refractivity contribution in [2.24, 2.45) is 0 Å². The van der Waals surface area contributed by atoms with E-state index in [0.29, 0.717) is 16.2 Å². The van der Waals surface area contributed by atoms with Crippen molar-refractivity contribution in [3.05, 3.63) is 58.2 Å². The maximum absolute atomic E-state index is 11.9. The van der Waals surface area contributed by atoms with Crippen LogP contribution in [0.5, 0.6) is 0 Å². The molecule has 0 aliphatic heterocycles. The Hall–Kier alpha value is -2.07. The minimum absolute atomic E-state index is 0.221. The smallest absolute Gasteiger partial charge is 0.304 e. The lowest BCUT2D eigenvalue weighted by molar-refractivity contribution is 1.02. The highest BCUT2D eigenvalue weighted by atomic mass is 35.5. The number of aromatic amines is 1. The molecule has 0 saturated heterocycles. The molecule has 0 saturated carbocycles. The van der Waals surface area contributed by atoms with Gasteiger partial charge in [-0.1, -0.05) is 23.7 Å². The first-order valence-corrected chi connectivity index (χ1v) is 5.45. The van der Waals surface area contributed by atoms with E-state index in [1.807, 2.05) is 12.1 Å². The quantitative estimate of drug-likeness (QED) is 0.716. The van der Waals surface area contributed by atoms with Gasteiger partial charge in [-0.15, -0.1) is 0 Å². The number of hydrogen-bond acceptors (Lipinski definition) is 2. The molecule has 0 amide bonds. The van der Waals surface area contributed by atoms with Gasteiger partial charge in [0, 0.05) is 6.20 Å². The van der Waals surface area contributed by atoms with E-state index >= 15 is 0 Å². The molecule has 84 valence electrons. The van der Waals surface area contributed by atoms with Crippen molar-refractivity contribution < 1.29 is 0 Å². The molecule has 3 rings (SSSR count). The SMILES string of the molecule is O=c1[nH]c2cnccc2n1-c1ccccc1Cl. The first kappa shape index (κ1) is 10.1. The monoisotopic (exact) mass is 245 g/mol. The fourth-order valence-corrected chi connectivity index (χ4v) is 2.05. The van der Waals surface area contributed by atoms with Crippen LogP contribution < -0.4 is 5.69 Å². The highest BCUT2D eigenvalue weighted by Gasteiger charge is 2.10. The molecule has 5 heteroatoms. The van der Waals surface area contributed by atoms with E-state index in [1.165, 1.54) is 0 Å². The van der Waals surface area contributed by atoms with Gasteiger partial charge >= 0.3 is 5.69 Å². The molecular weight excluding hydrogens is 238 g/mol. The van der Waals surface area contributed by atoms with Gasteiger partial charge in [0.2, 0.25) is 0 Å². The summed E-state index contributed by atoms with van der Waals surface area (Å²) in [4.78, 5) is 18.6. The number of imidazole rings is 1. The Labute approximate surface area is 101 Å². The summed E-state index contributed by atoms with van der Waals surface area (Å²) in [5.41, 5.74) is 1.90. The zero-order valence-electron chi connectivity index (χ0n) is 8.72. The minimum Gasteiger partial charge on any atom is -0.304 e. The van der Waals surface area contributed by atoms with Crippen LogP contribution in [0.4, 0.5) is 0 Å².